The summed E-state index contributed by atoms with van der Waals surface area (Å²) < 4.78 is 69.1. The standard InChI is InChI=1S/C7H8F2N2O4S2/c8-7(9)17(14,15)11-5-2-1-3-6(4-5)16(10,12)13/h1-4,7,11H,(H2,10,12,13). The monoisotopic (exact) mass is 286 g/mol. The van der Waals surface area contributed by atoms with E-state index >= 15 is 0 Å². The Morgan fingerprint density at radius 2 is 1.76 bits per heavy atom. The van der Waals surface area contributed by atoms with Crippen LogP contribution in [0.15, 0.2) is 29.2 Å². The smallest absolute Gasteiger partial charge is 0.279 e. The Morgan fingerprint density at radius 1 is 1.18 bits per heavy atom. The first-order valence-corrected chi connectivity index (χ1v) is 7.15. The van der Waals surface area contributed by atoms with Crippen LogP contribution in [0, 0.1) is 0 Å². The summed E-state index contributed by atoms with van der Waals surface area (Å²) in [5.41, 5.74) is -0.308. The lowest BCUT2D eigenvalue weighted by molar-refractivity contribution is 0.236. The minimum absolute atomic E-state index is 0.308. The predicted octanol–water partition coefficient (Wildman–Crippen LogP) is 0.298. The second-order valence-corrected chi connectivity index (χ2v) is 6.19. The van der Waals surface area contributed by atoms with E-state index in [1.54, 1.807) is 0 Å². The molecule has 10 heteroatoms. The van der Waals surface area contributed by atoms with E-state index in [1.165, 1.54) is 10.8 Å². The SMILES string of the molecule is NS(=O)(=O)c1cccc(NS(=O)(=O)C(F)F)c1. The van der Waals surface area contributed by atoms with Crippen LogP contribution in [-0.4, -0.2) is 22.6 Å². The summed E-state index contributed by atoms with van der Waals surface area (Å²) in [6, 6.07) is 4.24. The van der Waals surface area contributed by atoms with Crippen LogP contribution in [0.3, 0.4) is 0 Å². The van der Waals surface area contributed by atoms with Crippen LogP contribution in [0.1, 0.15) is 0 Å². The van der Waals surface area contributed by atoms with E-state index in [2.05, 4.69) is 0 Å². The van der Waals surface area contributed by atoms with Gasteiger partial charge in [-0.2, -0.15) is 8.78 Å². The van der Waals surface area contributed by atoms with Gasteiger partial charge in [0.2, 0.25) is 10.0 Å². The van der Waals surface area contributed by atoms with E-state index in [0.717, 1.165) is 18.2 Å². The second-order valence-electron chi connectivity index (χ2n) is 2.98. The normalized spacial score (nSPS) is 12.7. The number of anilines is 1. The molecule has 0 aliphatic heterocycles. The number of nitrogens with one attached hydrogen (secondary N) is 1. The number of sulfonamides is 2. The average Bonchev–Trinajstić information content (AvgIpc) is 2.15. The molecule has 0 aromatic heterocycles. The van der Waals surface area contributed by atoms with Crippen molar-refractivity contribution in [2.45, 2.75) is 10.7 Å². The molecule has 1 aromatic carbocycles. The highest BCUT2D eigenvalue weighted by molar-refractivity contribution is 7.93. The van der Waals surface area contributed by atoms with Crippen LogP contribution in [-0.2, 0) is 20.0 Å². The highest BCUT2D eigenvalue weighted by Gasteiger charge is 2.24. The minimum Gasteiger partial charge on any atom is -0.279 e. The molecule has 0 fully saturated rings. The van der Waals surface area contributed by atoms with Gasteiger partial charge < -0.3 is 0 Å². The van der Waals surface area contributed by atoms with Crippen molar-refractivity contribution in [3.05, 3.63) is 24.3 Å². The Bertz CT molecular complexity index is 613. The Labute approximate surface area is 96.5 Å². The number of hydrogen-bond donors (Lipinski definition) is 2. The van der Waals surface area contributed by atoms with Crippen LogP contribution in [0.2, 0.25) is 0 Å². The van der Waals surface area contributed by atoms with Crippen LogP contribution < -0.4 is 9.86 Å². The van der Waals surface area contributed by atoms with Gasteiger partial charge in [-0.1, -0.05) is 6.07 Å². The number of alkyl halides is 2. The van der Waals surface area contributed by atoms with Gasteiger partial charge in [0.25, 0.3) is 10.0 Å². The van der Waals surface area contributed by atoms with E-state index in [-0.39, 0.29) is 10.6 Å². The lowest BCUT2D eigenvalue weighted by Gasteiger charge is -2.07. The van der Waals surface area contributed by atoms with Crippen LogP contribution in [0.4, 0.5) is 14.5 Å². The maximum Gasteiger partial charge on any atom is 0.355 e. The third-order valence-electron chi connectivity index (χ3n) is 1.66. The Morgan fingerprint density at radius 3 is 2.24 bits per heavy atom. The van der Waals surface area contributed by atoms with Gasteiger partial charge in [0.15, 0.2) is 0 Å². The van der Waals surface area contributed by atoms with Crippen molar-refractivity contribution >= 4 is 25.7 Å². The van der Waals surface area contributed by atoms with Crippen molar-refractivity contribution in [3.63, 3.8) is 0 Å². The van der Waals surface area contributed by atoms with Crippen molar-refractivity contribution in [1.82, 2.24) is 0 Å². The van der Waals surface area contributed by atoms with E-state index in [0.29, 0.717) is 0 Å². The number of hydrogen-bond acceptors (Lipinski definition) is 4. The molecule has 0 spiro atoms. The van der Waals surface area contributed by atoms with Crippen molar-refractivity contribution < 1.29 is 25.6 Å². The highest BCUT2D eigenvalue weighted by atomic mass is 32.2. The number of halogens is 2. The van der Waals surface area contributed by atoms with Gasteiger partial charge in [0.1, 0.15) is 0 Å². The summed E-state index contributed by atoms with van der Waals surface area (Å²) in [4.78, 5) is -0.382. The summed E-state index contributed by atoms with van der Waals surface area (Å²) in [7, 11) is -8.86. The summed E-state index contributed by atoms with van der Waals surface area (Å²) in [5.74, 6) is -3.61. The third kappa shape index (κ3) is 3.61. The maximum absolute atomic E-state index is 12.0. The number of rotatable bonds is 4. The summed E-state index contributed by atoms with van der Waals surface area (Å²) in [6.07, 6.45) is 0. The number of nitrogens with two attached hydrogens (primary N) is 1. The van der Waals surface area contributed by atoms with Gasteiger partial charge in [-0.25, -0.2) is 22.0 Å². The van der Waals surface area contributed by atoms with Crippen LogP contribution in [0.25, 0.3) is 0 Å². The molecule has 96 valence electrons. The molecule has 0 saturated carbocycles. The molecule has 0 atom stereocenters. The van der Waals surface area contributed by atoms with Gasteiger partial charge in [0, 0.05) is 0 Å². The quantitative estimate of drug-likeness (QED) is 0.830. The molecule has 17 heavy (non-hydrogen) atoms. The van der Waals surface area contributed by atoms with Crippen molar-refractivity contribution in [3.8, 4) is 0 Å². The fourth-order valence-electron chi connectivity index (χ4n) is 0.945. The summed E-state index contributed by atoms with van der Waals surface area (Å²) in [6.45, 7) is 0. The van der Waals surface area contributed by atoms with Gasteiger partial charge in [-0.3, -0.25) is 4.72 Å². The van der Waals surface area contributed by atoms with E-state index < -0.39 is 25.8 Å². The second kappa shape index (κ2) is 4.55. The number of primary sulfonamides is 1. The largest absolute Gasteiger partial charge is 0.355 e. The fraction of sp³-hybridized carbons (Fsp3) is 0.143. The topological polar surface area (TPSA) is 106 Å². The lowest BCUT2D eigenvalue weighted by Crippen LogP contribution is -2.21. The van der Waals surface area contributed by atoms with E-state index in [1.807, 2.05) is 0 Å². The molecule has 1 rings (SSSR count). The van der Waals surface area contributed by atoms with E-state index in [4.69, 9.17) is 5.14 Å². The van der Waals surface area contributed by atoms with Crippen molar-refractivity contribution in [2.75, 3.05) is 4.72 Å². The lowest BCUT2D eigenvalue weighted by atomic mass is 10.3. The molecular weight excluding hydrogens is 278 g/mol. The van der Waals surface area contributed by atoms with Gasteiger partial charge in [-0.15, -0.1) is 0 Å². The minimum atomic E-state index is -4.83. The molecule has 0 unspecified atom stereocenters. The molecule has 6 nitrogen and oxygen atoms in total. The predicted molar refractivity (Wildman–Crippen MR) is 56.4 cm³/mol. The van der Waals surface area contributed by atoms with Crippen LogP contribution >= 0.6 is 0 Å². The first-order valence-electron chi connectivity index (χ1n) is 4.05. The number of benzene rings is 1. The zero-order valence-electron chi connectivity index (χ0n) is 8.17. The van der Waals surface area contributed by atoms with Crippen molar-refractivity contribution in [1.29, 1.82) is 0 Å². The summed E-state index contributed by atoms with van der Waals surface area (Å²) >= 11 is 0. The first kappa shape index (κ1) is 13.8. The van der Waals surface area contributed by atoms with Gasteiger partial charge >= 0.3 is 5.76 Å². The molecule has 0 heterocycles. The third-order valence-corrected chi connectivity index (χ3v) is 3.56. The highest BCUT2D eigenvalue weighted by Crippen LogP contribution is 2.17. The molecule has 3 N–H and O–H groups in total. The van der Waals surface area contributed by atoms with Crippen LogP contribution in [0.5, 0.6) is 0 Å². The zero-order valence-corrected chi connectivity index (χ0v) is 9.80. The Balaban J connectivity index is 3.11. The molecule has 0 saturated heterocycles. The molecule has 0 aliphatic carbocycles. The molecule has 1 aromatic rings. The Kier molecular flexibility index (Phi) is 3.69. The fourth-order valence-corrected chi connectivity index (χ4v) is 2.05. The summed E-state index contributed by atoms with van der Waals surface area (Å²) in [5, 5.41) is 4.80. The first-order chi connectivity index (χ1) is 7.63. The van der Waals surface area contributed by atoms with Crippen molar-refractivity contribution in [2.24, 2.45) is 5.14 Å². The van der Waals surface area contributed by atoms with Gasteiger partial charge in [-0.05, 0) is 18.2 Å². The molecule has 0 amide bonds. The molecule has 0 bridgehead atoms. The Hall–Kier alpha value is -1.26. The molecule has 0 radical (unpaired) electrons. The zero-order chi connectivity index (χ0) is 13.3. The molecular formula is C7H8F2N2O4S2. The van der Waals surface area contributed by atoms with Gasteiger partial charge in [0.05, 0.1) is 10.6 Å². The molecule has 0 aliphatic rings. The average molecular weight is 286 g/mol. The van der Waals surface area contributed by atoms with E-state index in [9.17, 15) is 25.6 Å². The maximum atomic E-state index is 12.0.